The molecule has 0 aliphatic rings. The van der Waals surface area contributed by atoms with Crippen molar-refractivity contribution in [2.24, 2.45) is 0 Å². The van der Waals surface area contributed by atoms with Crippen LogP contribution in [0.25, 0.3) is 0 Å². The average molecular weight is 439 g/mol. The third kappa shape index (κ3) is 6.12. The average Bonchev–Trinajstić information content (AvgIpc) is 2.47. The number of amides is 1. The van der Waals surface area contributed by atoms with Crippen LogP contribution >= 0.6 is 0 Å². The Morgan fingerprint density at radius 1 is 0.821 bits per heavy atom. The lowest BCUT2D eigenvalue weighted by atomic mass is 10.2. The number of nitrogens with one attached hydrogen (secondary N) is 1. The molecule has 164 valence electrons. The van der Waals surface area contributed by atoms with Gasteiger partial charge in [0, 0.05) is 0 Å². The molecular formula is C12H11F10NO5. The lowest BCUT2D eigenvalue weighted by Crippen LogP contribution is -2.56. The molecule has 0 saturated carbocycles. The van der Waals surface area contributed by atoms with Gasteiger partial charge in [0.2, 0.25) is 0 Å². The number of ether oxygens (including phenoxy) is 2. The summed E-state index contributed by atoms with van der Waals surface area (Å²) in [4.78, 5) is 33.4. The van der Waals surface area contributed by atoms with Crippen LogP contribution in [0.5, 0.6) is 0 Å². The highest BCUT2D eigenvalue weighted by Crippen LogP contribution is 2.37. The molecule has 0 aromatic rings. The third-order valence-electron chi connectivity index (χ3n) is 2.58. The van der Waals surface area contributed by atoms with Crippen molar-refractivity contribution in [1.29, 1.82) is 0 Å². The van der Waals surface area contributed by atoms with Crippen molar-refractivity contribution in [1.82, 2.24) is 5.32 Å². The van der Waals surface area contributed by atoms with Crippen LogP contribution in [0.4, 0.5) is 43.9 Å². The maximum absolute atomic E-state index is 12.9. The van der Waals surface area contributed by atoms with Gasteiger partial charge in [0.05, 0.1) is 6.10 Å². The number of hydrogen-bond acceptors (Lipinski definition) is 5. The molecule has 0 fully saturated rings. The Kier molecular flexibility index (Phi) is 7.70. The van der Waals surface area contributed by atoms with E-state index in [1.54, 1.807) is 0 Å². The number of rotatable bonds is 7. The van der Waals surface area contributed by atoms with Crippen LogP contribution in [-0.2, 0) is 23.9 Å². The van der Waals surface area contributed by atoms with E-state index in [1.807, 2.05) is 0 Å². The summed E-state index contributed by atoms with van der Waals surface area (Å²) in [6, 6.07) is -2.74. The van der Waals surface area contributed by atoms with Crippen molar-refractivity contribution in [3.8, 4) is 0 Å². The van der Waals surface area contributed by atoms with E-state index in [0.717, 1.165) is 19.2 Å². The molecule has 0 rings (SSSR count). The second-order valence-electron chi connectivity index (χ2n) is 5.25. The molecule has 1 atom stereocenters. The predicted octanol–water partition coefficient (Wildman–Crippen LogP) is 2.36. The minimum absolute atomic E-state index is 0.728. The molecule has 1 unspecified atom stereocenters. The van der Waals surface area contributed by atoms with Gasteiger partial charge in [-0.25, -0.2) is 9.59 Å². The second kappa shape index (κ2) is 8.38. The maximum atomic E-state index is 12.9. The standard InChI is InChI=1S/C12H11F10NO5/c1-4(2)28-6(24)5(23-7(25)9(13,14)11(17,18)19)3-27-8(26)10(15,16)12(20,21)22/h4-5H,3H2,1-2H3,(H,23,25). The van der Waals surface area contributed by atoms with Gasteiger partial charge >= 0.3 is 42.0 Å². The van der Waals surface area contributed by atoms with Gasteiger partial charge < -0.3 is 14.8 Å². The van der Waals surface area contributed by atoms with E-state index >= 15 is 0 Å². The van der Waals surface area contributed by atoms with Crippen LogP contribution in [-0.4, -0.2) is 60.8 Å². The molecule has 0 aliphatic carbocycles. The molecule has 28 heavy (non-hydrogen) atoms. The highest BCUT2D eigenvalue weighted by molar-refractivity contribution is 5.89. The Balaban J connectivity index is 5.44. The van der Waals surface area contributed by atoms with Crippen molar-refractivity contribution in [2.75, 3.05) is 6.61 Å². The molecule has 16 heteroatoms. The first-order valence-electron chi connectivity index (χ1n) is 6.83. The molecule has 1 amide bonds. The zero-order valence-electron chi connectivity index (χ0n) is 13.7. The molecule has 0 spiro atoms. The molecule has 0 aliphatic heterocycles. The van der Waals surface area contributed by atoms with Crippen molar-refractivity contribution in [3.63, 3.8) is 0 Å². The van der Waals surface area contributed by atoms with Crippen molar-refractivity contribution in [2.45, 2.75) is 50.2 Å². The van der Waals surface area contributed by atoms with E-state index in [4.69, 9.17) is 0 Å². The quantitative estimate of drug-likeness (QED) is 0.487. The van der Waals surface area contributed by atoms with E-state index in [0.29, 0.717) is 0 Å². The number of carbonyl (C=O) groups excluding carboxylic acids is 3. The molecule has 0 aromatic carbocycles. The Morgan fingerprint density at radius 2 is 1.25 bits per heavy atom. The highest BCUT2D eigenvalue weighted by atomic mass is 19.4. The molecule has 1 N–H and O–H groups in total. The first kappa shape index (κ1) is 25.7. The fourth-order valence-corrected chi connectivity index (χ4v) is 1.23. The first-order valence-corrected chi connectivity index (χ1v) is 6.83. The fraction of sp³-hybridized carbons (Fsp3) is 0.750. The summed E-state index contributed by atoms with van der Waals surface area (Å²) in [7, 11) is 0. The first-order chi connectivity index (χ1) is 12.2. The Hall–Kier alpha value is -2.29. The van der Waals surface area contributed by atoms with Crippen LogP contribution in [0.1, 0.15) is 13.8 Å². The molecule has 0 radical (unpaired) electrons. The van der Waals surface area contributed by atoms with Crippen molar-refractivity contribution >= 4 is 17.8 Å². The minimum Gasteiger partial charge on any atom is -0.461 e. The van der Waals surface area contributed by atoms with E-state index in [2.05, 4.69) is 9.47 Å². The predicted molar refractivity (Wildman–Crippen MR) is 66.1 cm³/mol. The SMILES string of the molecule is CC(C)OC(=O)C(COC(=O)C(F)(F)C(F)(F)F)NC(=O)C(F)(F)C(F)(F)F. The summed E-state index contributed by atoms with van der Waals surface area (Å²) >= 11 is 0. The number of esters is 2. The van der Waals surface area contributed by atoms with E-state index in [9.17, 15) is 58.3 Å². The van der Waals surface area contributed by atoms with Gasteiger partial charge in [0.1, 0.15) is 6.61 Å². The summed E-state index contributed by atoms with van der Waals surface area (Å²) < 4.78 is 131. The largest absolute Gasteiger partial charge is 0.465 e. The molecule has 0 heterocycles. The zero-order valence-corrected chi connectivity index (χ0v) is 13.7. The van der Waals surface area contributed by atoms with Crippen molar-refractivity contribution in [3.05, 3.63) is 0 Å². The number of hydrogen-bond donors (Lipinski definition) is 1. The Bertz CT molecular complexity index is 599. The second-order valence-corrected chi connectivity index (χ2v) is 5.25. The lowest BCUT2D eigenvalue weighted by molar-refractivity contribution is -0.280. The van der Waals surface area contributed by atoms with E-state index in [1.165, 1.54) is 0 Å². The Labute approximate surface area is 149 Å². The topological polar surface area (TPSA) is 81.7 Å². The van der Waals surface area contributed by atoms with Gasteiger partial charge in [-0.05, 0) is 13.8 Å². The third-order valence-corrected chi connectivity index (χ3v) is 2.58. The fourth-order valence-electron chi connectivity index (χ4n) is 1.23. The molecule has 0 aromatic heterocycles. The van der Waals surface area contributed by atoms with Crippen LogP contribution in [0.15, 0.2) is 0 Å². The normalized spacial score (nSPS) is 14.5. The highest BCUT2D eigenvalue weighted by Gasteiger charge is 2.65. The van der Waals surface area contributed by atoms with Gasteiger partial charge in [-0.3, -0.25) is 4.79 Å². The monoisotopic (exact) mass is 439 g/mol. The summed E-state index contributed by atoms with van der Waals surface area (Å²) in [5, 5.41) is 0.728. The smallest absolute Gasteiger partial charge is 0.461 e. The van der Waals surface area contributed by atoms with Gasteiger partial charge in [-0.15, -0.1) is 0 Å². The summed E-state index contributed by atoms with van der Waals surface area (Å²) in [6.07, 6.45) is -13.9. The Morgan fingerprint density at radius 3 is 1.61 bits per heavy atom. The van der Waals surface area contributed by atoms with Gasteiger partial charge in [-0.1, -0.05) is 0 Å². The van der Waals surface area contributed by atoms with Gasteiger partial charge in [0.25, 0.3) is 0 Å². The molecule has 0 saturated heterocycles. The summed E-state index contributed by atoms with van der Waals surface area (Å²) in [5.74, 6) is -20.4. The summed E-state index contributed by atoms with van der Waals surface area (Å²) in [5.41, 5.74) is 0. The lowest BCUT2D eigenvalue weighted by Gasteiger charge is -2.24. The minimum atomic E-state index is -6.43. The van der Waals surface area contributed by atoms with E-state index < -0.39 is 60.8 Å². The molecular weight excluding hydrogens is 428 g/mol. The number of carbonyl (C=O) groups is 3. The van der Waals surface area contributed by atoms with Gasteiger partial charge in [0.15, 0.2) is 6.04 Å². The van der Waals surface area contributed by atoms with Crippen LogP contribution in [0.2, 0.25) is 0 Å². The zero-order chi connectivity index (χ0) is 22.7. The maximum Gasteiger partial charge on any atom is 0.465 e. The number of halogens is 10. The van der Waals surface area contributed by atoms with Crippen LogP contribution in [0, 0.1) is 0 Å². The van der Waals surface area contributed by atoms with Crippen LogP contribution in [0.3, 0.4) is 0 Å². The molecule has 6 nitrogen and oxygen atoms in total. The number of alkyl halides is 10. The summed E-state index contributed by atoms with van der Waals surface area (Å²) in [6.45, 7) is 0.311. The van der Waals surface area contributed by atoms with Crippen molar-refractivity contribution < 1.29 is 67.8 Å². The van der Waals surface area contributed by atoms with E-state index in [-0.39, 0.29) is 0 Å². The van der Waals surface area contributed by atoms with Gasteiger partial charge in [-0.2, -0.15) is 43.9 Å². The van der Waals surface area contributed by atoms with Crippen LogP contribution < -0.4 is 5.32 Å². The molecule has 0 bridgehead atoms.